The standard InChI is InChI=1S/C14H13BrO2/c15-11-7-4-8-14(12(11)17-13(14)16)9-10-5-2-1-3-6-10/h1-6,8,11-12H,7,9H2/t11-,12+,14+/m0/s1. The number of halogens is 1. The lowest BCUT2D eigenvalue weighted by molar-refractivity contribution is -0.198. The van der Waals surface area contributed by atoms with Gasteiger partial charge in [0.25, 0.3) is 0 Å². The minimum atomic E-state index is -0.437. The molecular formula is C14H13BrO2. The van der Waals surface area contributed by atoms with E-state index >= 15 is 0 Å². The summed E-state index contributed by atoms with van der Waals surface area (Å²) in [6, 6.07) is 10.1. The third-order valence-electron chi connectivity index (χ3n) is 3.57. The third kappa shape index (κ3) is 1.64. The molecule has 2 nitrogen and oxygen atoms in total. The summed E-state index contributed by atoms with van der Waals surface area (Å²) < 4.78 is 5.29. The van der Waals surface area contributed by atoms with Crippen LogP contribution in [0.3, 0.4) is 0 Å². The van der Waals surface area contributed by atoms with Crippen LogP contribution in [0.1, 0.15) is 12.0 Å². The largest absolute Gasteiger partial charge is 0.459 e. The highest BCUT2D eigenvalue weighted by Crippen LogP contribution is 2.48. The topological polar surface area (TPSA) is 26.3 Å². The number of esters is 1. The summed E-state index contributed by atoms with van der Waals surface area (Å²) in [4.78, 5) is 12.1. The number of allylic oxidation sites excluding steroid dienone is 1. The lowest BCUT2D eigenvalue weighted by Crippen LogP contribution is -2.61. The number of hydrogen-bond donors (Lipinski definition) is 0. The van der Waals surface area contributed by atoms with Gasteiger partial charge in [-0.25, -0.2) is 0 Å². The number of ether oxygens (including phenoxy) is 1. The Morgan fingerprint density at radius 3 is 2.82 bits per heavy atom. The number of benzene rings is 1. The van der Waals surface area contributed by atoms with E-state index in [1.807, 2.05) is 24.3 Å². The van der Waals surface area contributed by atoms with Gasteiger partial charge in [-0.2, -0.15) is 0 Å². The molecule has 1 aliphatic carbocycles. The minimum Gasteiger partial charge on any atom is -0.459 e. The van der Waals surface area contributed by atoms with E-state index in [2.05, 4.69) is 34.1 Å². The van der Waals surface area contributed by atoms with Gasteiger partial charge in [0.2, 0.25) is 0 Å². The quantitative estimate of drug-likeness (QED) is 0.476. The summed E-state index contributed by atoms with van der Waals surface area (Å²) >= 11 is 3.59. The van der Waals surface area contributed by atoms with Crippen molar-refractivity contribution in [3.8, 4) is 0 Å². The first kappa shape index (κ1) is 11.0. The van der Waals surface area contributed by atoms with E-state index in [1.54, 1.807) is 0 Å². The molecule has 0 bridgehead atoms. The van der Waals surface area contributed by atoms with Crippen molar-refractivity contribution < 1.29 is 9.53 Å². The van der Waals surface area contributed by atoms with Crippen molar-refractivity contribution in [2.75, 3.05) is 0 Å². The molecule has 0 radical (unpaired) electrons. The average molecular weight is 293 g/mol. The molecule has 2 aliphatic rings. The first-order chi connectivity index (χ1) is 8.22. The molecule has 88 valence electrons. The highest BCUT2D eigenvalue weighted by Gasteiger charge is 2.59. The van der Waals surface area contributed by atoms with Gasteiger partial charge in [0.05, 0.1) is 4.83 Å². The predicted octanol–water partition coefficient (Wildman–Crippen LogP) is 2.86. The van der Waals surface area contributed by atoms with Gasteiger partial charge in [-0.1, -0.05) is 58.4 Å². The van der Waals surface area contributed by atoms with E-state index in [0.717, 1.165) is 12.8 Å². The number of rotatable bonds is 2. The summed E-state index contributed by atoms with van der Waals surface area (Å²) in [5.74, 6) is -0.0910. The van der Waals surface area contributed by atoms with Crippen molar-refractivity contribution in [3.63, 3.8) is 0 Å². The molecule has 1 saturated heterocycles. The number of hydrogen-bond acceptors (Lipinski definition) is 2. The van der Waals surface area contributed by atoms with E-state index in [4.69, 9.17) is 4.74 Å². The molecule has 1 aromatic rings. The van der Waals surface area contributed by atoms with Crippen molar-refractivity contribution >= 4 is 21.9 Å². The molecule has 0 unspecified atom stereocenters. The van der Waals surface area contributed by atoms with Gasteiger partial charge in [0.15, 0.2) is 0 Å². The highest BCUT2D eigenvalue weighted by molar-refractivity contribution is 9.09. The molecule has 3 atom stereocenters. The van der Waals surface area contributed by atoms with E-state index in [-0.39, 0.29) is 16.9 Å². The molecule has 1 fully saturated rings. The molecule has 0 N–H and O–H groups in total. The zero-order chi connectivity index (χ0) is 11.9. The number of carbonyl (C=O) groups is 1. The van der Waals surface area contributed by atoms with Crippen molar-refractivity contribution in [1.29, 1.82) is 0 Å². The van der Waals surface area contributed by atoms with Gasteiger partial charge in [-0.05, 0) is 18.4 Å². The summed E-state index contributed by atoms with van der Waals surface area (Å²) in [7, 11) is 0. The van der Waals surface area contributed by atoms with Crippen LogP contribution in [-0.2, 0) is 16.0 Å². The lowest BCUT2D eigenvalue weighted by atomic mass is 9.68. The fourth-order valence-electron chi connectivity index (χ4n) is 2.64. The van der Waals surface area contributed by atoms with E-state index in [9.17, 15) is 4.79 Å². The molecule has 3 rings (SSSR count). The maximum Gasteiger partial charge on any atom is 0.320 e. The first-order valence-electron chi connectivity index (χ1n) is 5.79. The predicted molar refractivity (Wildman–Crippen MR) is 68.9 cm³/mol. The monoisotopic (exact) mass is 292 g/mol. The molecule has 0 saturated carbocycles. The number of fused-ring (bicyclic) bond motifs is 1. The van der Waals surface area contributed by atoms with Crippen molar-refractivity contribution in [2.45, 2.75) is 23.8 Å². The van der Waals surface area contributed by atoms with Crippen LogP contribution in [0.2, 0.25) is 0 Å². The Kier molecular flexibility index (Phi) is 2.58. The van der Waals surface area contributed by atoms with Gasteiger partial charge in [-0.15, -0.1) is 0 Å². The van der Waals surface area contributed by atoms with Crippen LogP contribution in [0.25, 0.3) is 0 Å². The van der Waals surface area contributed by atoms with Crippen LogP contribution in [0.4, 0.5) is 0 Å². The van der Waals surface area contributed by atoms with Gasteiger partial charge in [0, 0.05) is 0 Å². The smallest absolute Gasteiger partial charge is 0.320 e. The summed E-state index contributed by atoms with van der Waals surface area (Å²) in [5, 5.41) is 0. The molecular weight excluding hydrogens is 280 g/mol. The SMILES string of the molecule is O=C1O[C@@H]2[C@@H](Br)CC=C[C@]12Cc1ccccc1. The second-order valence-corrected chi connectivity index (χ2v) is 5.86. The van der Waals surface area contributed by atoms with Crippen LogP contribution in [0.15, 0.2) is 42.5 Å². The van der Waals surface area contributed by atoms with Crippen LogP contribution < -0.4 is 0 Å². The number of carbonyl (C=O) groups excluding carboxylic acids is 1. The summed E-state index contributed by atoms with van der Waals surface area (Å²) in [6.45, 7) is 0. The fourth-order valence-corrected chi connectivity index (χ4v) is 3.44. The van der Waals surface area contributed by atoms with Crippen LogP contribution in [0, 0.1) is 5.41 Å². The van der Waals surface area contributed by atoms with Gasteiger partial charge in [0.1, 0.15) is 11.5 Å². The Bertz CT molecular complexity index is 468. The van der Waals surface area contributed by atoms with Gasteiger partial charge >= 0.3 is 5.97 Å². The Hall–Kier alpha value is -1.09. The molecule has 0 spiro atoms. The second kappa shape index (κ2) is 3.98. The fraction of sp³-hybridized carbons (Fsp3) is 0.357. The zero-order valence-corrected chi connectivity index (χ0v) is 10.9. The zero-order valence-electron chi connectivity index (χ0n) is 9.30. The maximum atomic E-state index is 11.8. The summed E-state index contributed by atoms with van der Waals surface area (Å²) in [6.07, 6.45) is 5.76. The summed E-state index contributed by atoms with van der Waals surface area (Å²) in [5.41, 5.74) is 0.744. The molecule has 1 heterocycles. The average Bonchev–Trinajstić information content (AvgIpc) is 2.34. The second-order valence-electron chi connectivity index (χ2n) is 4.68. The normalized spacial score (nSPS) is 34.8. The third-order valence-corrected chi connectivity index (χ3v) is 4.42. The molecule has 3 heteroatoms. The molecule has 0 amide bonds. The number of alkyl halides is 1. The minimum absolute atomic E-state index is 0.0137. The molecule has 1 aliphatic heterocycles. The maximum absolute atomic E-state index is 11.8. The first-order valence-corrected chi connectivity index (χ1v) is 6.71. The van der Waals surface area contributed by atoms with Crippen molar-refractivity contribution in [1.82, 2.24) is 0 Å². The Balaban J connectivity index is 1.92. The molecule has 0 aromatic heterocycles. The van der Waals surface area contributed by atoms with Crippen molar-refractivity contribution in [3.05, 3.63) is 48.0 Å². The van der Waals surface area contributed by atoms with Crippen LogP contribution >= 0.6 is 15.9 Å². The van der Waals surface area contributed by atoms with Gasteiger partial charge in [-0.3, -0.25) is 4.79 Å². The Morgan fingerprint density at radius 1 is 1.35 bits per heavy atom. The Labute approximate surface area is 109 Å². The Morgan fingerprint density at radius 2 is 2.12 bits per heavy atom. The lowest BCUT2D eigenvalue weighted by Gasteiger charge is -2.49. The van der Waals surface area contributed by atoms with Crippen LogP contribution in [-0.4, -0.2) is 16.9 Å². The van der Waals surface area contributed by atoms with Crippen LogP contribution in [0.5, 0.6) is 0 Å². The molecule has 1 aromatic carbocycles. The van der Waals surface area contributed by atoms with E-state index in [0.29, 0.717) is 0 Å². The van der Waals surface area contributed by atoms with E-state index in [1.165, 1.54) is 5.56 Å². The highest BCUT2D eigenvalue weighted by atomic mass is 79.9. The molecule has 17 heavy (non-hydrogen) atoms. The van der Waals surface area contributed by atoms with Crippen molar-refractivity contribution in [2.24, 2.45) is 5.41 Å². The van der Waals surface area contributed by atoms with E-state index < -0.39 is 5.41 Å². The van der Waals surface area contributed by atoms with Gasteiger partial charge < -0.3 is 4.74 Å².